The van der Waals surface area contributed by atoms with Crippen LogP contribution in [0.4, 0.5) is 5.82 Å². The number of amides is 2. The number of aromatic nitrogens is 2. The van der Waals surface area contributed by atoms with Crippen LogP contribution in [0.5, 0.6) is 0 Å². The Morgan fingerprint density at radius 1 is 1.39 bits per heavy atom. The average molecular weight is 402 g/mol. The van der Waals surface area contributed by atoms with Gasteiger partial charge in [0.1, 0.15) is 18.8 Å². The van der Waals surface area contributed by atoms with Gasteiger partial charge < -0.3 is 41.8 Å². The second-order valence-electron chi connectivity index (χ2n) is 5.85. The Hall–Kier alpha value is -3.10. The van der Waals surface area contributed by atoms with Gasteiger partial charge in [-0.15, -0.1) is 0 Å². The van der Waals surface area contributed by atoms with Gasteiger partial charge in [0.15, 0.2) is 12.1 Å². The summed E-state index contributed by atoms with van der Waals surface area (Å²) in [5.41, 5.74) is 5.59. The molecule has 1 aromatic rings. The fourth-order valence-corrected chi connectivity index (χ4v) is 2.28. The Morgan fingerprint density at radius 2 is 2.04 bits per heavy atom. The number of hydrogen-bond donors (Lipinski definition) is 6. The normalized spacial score (nSPS) is 13.0. The van der Waals surface area contributed by atoms with Gasteiger partial charge in [-0.05, 0) is 4.92 Å². The lowest BCUT2D eigenvalue weighted by Gasteiger charge is -2.17. The van der Waals surface area contributed by atoms with Gasteiger partial charge in [0, 0.05) is 13.3 Å². The zero-order valence-corrected chi connectivity index (χ0v) is 14.9. The number of imidazole rings is 1. The molecule has 0 aromatic carbocycles. The number of aliphatic carboxylic acids is 1. The van der Waals surface area contributed by atoms with Crippen molar-refractivity contribution in [2.24, 2.45) is 5.73 Å². The number of nitrogens with one attached hydrogen (secondary N) is 2. The predicted molar refractivity (Wildman–Crippen MR) is 91.6 cm³/mol. The van der Waals surface area contributed by atoms with Gasteiger partial charge in [0.25, 0.3) is 0 Å². The molecule has 7 N–H and O–H groups in total. The summed E-state index contributed by atoms with van der Waals surface area (Å²) in [6, 6.07) is -2.85. The second kappa shape index (κ2) is 10.3. The molecule has 0 fully saturated rings. The first kappa shape index (κ1) is 22.9. The maximum atomic E-state index is 11.9. The van der Waals surface area contributed by atoms with Crippen molar-refractivity contribution in [2.75, 3.05) is 6.54 Å². The van der Waals surface area contributed by atoms with Gasteiger partial charge in [-0.25, -0.2) is 14.3 Å². The van der Waals surface area contributed by atoms with E-state index in [1.807, 2.05) is 5.32 Å². The second-order valence-corrected chi connectivity index (χ2v) is 5.85. The molecular formula is C14H22N6O8. The van der Waals surface area contributed by atoms with Crippen LogP contribution in [0, 0.1) is 17.0 Å². The number of nitrogens with zero attached hydrogens (tertiary/aromatic N) is 3. The minimum atomic E-state index is -1.94. The number of aryl methyl sites for hydroxylation is 1. The molecule has 0 aliphatic heterocycles. The number of aliphatic hydroxyl groups is 2. The molecule has 0 unspecified atom stereocenters. The summed E-state index contributed by atoms with van der Waals surface area (Å²) in [7, 11) is 0. The number of rotatable bonds is 11. The summed E-state index contributed by atoms with van der Waals surface area (Å²) in [4.78, 5) is 48.8. The summed E-state index contributed by atoms with van der Waals surface area (Å²) < 4.78 is 1.29. The number of aliphatic hydroxyl groups excluding tert-OH is 1. The third-order valence-corrected chi connectivity index (χ3v) is 3.68. The first-order valence-corrected chi connectivity index (χ1v) is 8.11. The Labute approximate surface area is 158 Å². The van der Waals surface area contributed by atoms with Crippen LogP contribution in [0.15, 0.2) is 6.20 Å². The molecule has 0 spiro atoms. The largest absolute Gasteiger partial charge is 0.480 e. The zero-order chi connectivity index (χ0) is 21.4. The molecule has 0 aliphatic rings. The van der Waals surface area contributed by atoms with E-state index in [0.29, 0.717) is 5.82 Å². The molecule has 0 saturated carbocycles. The van der Waals surface area contributed by atoms with E-state index in [4.69, 9.17) is 21.1 Å². The number of carboxylic acid groups (broad SMARTS) is 1. The predicted octanol–water partition coefficient (Wildman–Crippen LogP) is -2.80. The molecule has 156 valence electrons. The van der Waals surface area contributed by atoms with E-state index in [1.165, 1.54) is 4.57 Å². The molecule has 0 bridgehead atoms. The molecule has 0 saturated heterocycles. The van der Waals surface area contributed by atoms with Gasteiger partial charge in [-0.2, -0.15) is 0 Å². The standard InChI is InChI=1S/C14H22N6O8/c1-7-17-6-11(20(27)28)19(7)3-2-16-13(24)8(15)4-10(21)18-9(14(25)26)5-12(22)23/h6,8-9,12,22-23H,2-5,15H2,1H3,(H,16,24)(H,18,21)(H,25,26)/t8-,9-/m1/s1. The smallest absolute Gasteiger partial charge is 0.342 e. The number of carbonyl (C=O) groups is 3. The lowest BCUT2D eigenvalue weighted by atomic mass is 10.1. The highest BCUT2D eigenvalue weighted by Gasteiger charge is 2.25. The van der Waals surface area contributed by atoms with Crippen LogP contribution in [0.3, 0.4) is 0 Å². The average Bonchev–Trinajstić information content (AvgIpc) is 2.94. The first-order chi connectivity index (χ1) is 13.0. The quantitative estimate of drug-likeness (QED) is 0.127. The van der Waals surface area contributed by atoms with Crippen molar-refractivity contribution in [2.45, 2.75) is 44.7 Å². The van der Waals surface area contributed by atoms with Crippen molar-refractivity contribution < 1.29 is 34.6 Å². The van der Waals surface area contributed by atoms with Crippen molar-refractivity contribution >= 4 is 23.6 Å². The van der Waals surface area contributed by atoms with E-state index in [1.54, 1.807) is 6.92 Å². The highest BCUT2D eigenvalue weighted by atomic mass is 16.6. The van der Waals surface area contributed by atoms with Crippen molar-refractivity contribution in [1.82, 2.24) is 20.2 Å². The molecular weight excluding hydrogens is 380 g/mol. The van der Waals surface area contributed by atoms with Crippen LogP contribution in [0.25, 0.3) is 0 Å². The summed E-state index contributed by atoms with van der Waals surface area (Å²) >= 11 is 0. The van der Waals surface area contributed by atoms with E-state index >= 15 is 0 Å². The lowest BCUT2D eigenvalue weighted by Crippen LogP contribution is -2.48. The van der Waals surface area contributed by atoms with E-state index in [9.17, 15) is 24.5 Å². The maximum Gasteiger partial charge on any atom is 0.342 e. The van der Waals surface area contributed by atoms with E-state index < -0.39 is 53.9 Å². The van der Waals surface area contributed by atoms with Crippen molar-refractivity contribution in [3.05, 3.63) is 22.1 Å². The first-order valence-electron chi connectivity index (χ1n) is 8.11. The van der Waals surface area contributed by atoms with Crippen LogP contribution in [-0.4, -0.2) is 72.5 Å². The van der Waals surface area contributed by atoms with Gasteiger partial charge in [0.2, 0.25) is 11.8 Å². The monoisotopic (exact) mass is 402 g/mol. The van der Waals surface area contributed by atoms with E-state index in [0.717, 1.165) is 6.20 Å². The van der Waals surface area contributed by atoms with Crippen LogP contribution in [0.1, 0.15) is 18.7 Å². The minimum absolute atomic E-state index is 0.0132. The highest BCUT2D eigenvalue weighted by Crippen LogP contribution is 2.12. The molecule has 2 atom stereocenters. The maximum absolute atomic E-state index is 11.9. The fourth-order valence-electron chi connectivity index (χ4n) is 2.28. The molecule has 1 rings (SSSR count). The molecule has 28 heavy (non-hydrogen) atoms. The highest BCUT2D eigenvalue weighted by molar-refractivity contribution is 5.89. The van der Waals surface area contributed by atoms with Crippen LogP contribution in [-0.2, 0) is 20.9 Å². The van der Waals surface area contributed by atoms with E-state index in [-0.39, 0.29) is 18.9 Å². The molecule has 1 aromatic heterocycles. The molecule has 2 amide bonds. The Balaban J connectivity index is 2.50. The van der Waals surface area contributed by atoms with Gasteiger partial charge >= 0.3 is 11.8 Å². The molecule has 0 aliphatic carbocycles. The summed E-state index contributed by atoms with van der Waals surface area (Å²) in [5, 5.41) is 41.9. The van der Waals surface area contributed by atoms with Gasteiger partial charge in [0.05, 0.1) is 19.0 Å². The molecule has 0 radical (unpaired) electrons. The Kier molecular flexibility index (Phi) is 8.43. The third kappa shape index (κ3) is 6.90. The van der Waals surface area contributed by atoms with Crippen molar-refractivity contribution in [3.8, 4) is 0 Å². The molecule has 1 heterocycles. The number of carboxylic acids is 1. The van der Waals surface area contributed by atoms with Crippen molar-refractivity contribution in [3.63, 3.8) is 0 Å². The van der Waals surface area contributed by atoms with Crippen LogP contribution < -0.4 is 16.4 Å². The van der Waals surface area contributed by atoms with Crippen LogP contribution >= 0.6 is 0 Å². The number of nitrogens with two attached hydrogens (primary N) is 1. The Bertz CT molecular complexity index is 733. The van der Waals surface area contributed by atoms with Crippen LogP contribution in [0.2, 0.25) is 0 Å². The number of hydrogen-bond acceptors (Lipinski definition) is 9. The summed E-state index contributed by atoms with van der Waals surface area (Å²) in [6.07, 6.45) is -2.02. The van der Waals surface area contributed by atoms with Crippen molar-refractivity contribution in [1.29, 1.82) is 0 Å². The molecule has 14 heteroatoms. The number of carbonyl (C=O) groups excluding carboxylic acids is 2. The lowest BCUT2D eigenvalue weighted by molar-refractivity contribution is -0.392. The van der Waals surface area contributed by atoms with Gasteiger partial charge in [-0.1, -0.05) is 0 Å². The Morgan fingerprint density at radius 3 is 2.57 bits per heavy atom. The van der Waals surface area contributed by atoms with E-state index in [2.05, 4.69) is 10.3 Å². The summed E-state index contributed by atoms with van der Waals surface area (Å²) in [5.74, 6) is -2.91. The third-order valence-electron chi connectivity index (χ3n) is 3.68. The minimum Gasteiger partial charge on any atom is -0.480 e. The van der Waals surface area contributed by atoms with Gasteiger partial charge in [-0.3, -0.25) is 9.59 Å². The molecule has 14 nitrogen and oxygen atoms in total. The fraction of sp³-hybridized carbons (Fsp3) is 0.571. The number of nitro groups is 1. The SMILES string of the molecule is Cc1ncc([N+](=O)[O-])n1CCNC(=O)[C@H](N)CC(=O)N[C@H](CC(O)O)C(=O)O. The summed E-state index contributed by atoms with van der Waals surface area (Å²) in [6.45, 7) is 1.61. The zero-order valence-electron chi connectivity index (χ0n) is 14.9. The topological polar surface area (TPSA) is 223 Å².